The van der Waals surface area contributed by atoms with Crippen molar-refractivity contribution >= 4 is 17.5 Å². The average Bonchev–Trinajstić information content (AvgIpc) is 2.37. The van der Waals surface area contributed by atoms with Crippen LogP contribution in [0, 0.1) is 17.0 Å². The topological polar surface area (TPSA) is 142 Å². The zero-order valence-corrected chi connectivity index (χ0v) is 10.5. The highest BCUT2D eigenvalue weighted by molar-refractivity contribution is 5.47. The molecule has 9 nitrogen and oxygen atoms in total. The second-order valence-corrected chi connectivity index (χ2v) is 3.90. The summed E-state index contributed by atoms with van der Waals surface area (Å²) in [7, 11) is 0. The molecule has 0 spiro atoms. The molecule has 1 aromatic heterocycles. The fourth-order valence-electron chi connectivity index (χ4n) is 1.59. The number of nitrogen functional groups attached to an aromatic ring is 2. The number of aryl methyl sites for hydroxylation is 1. The van der Waals surface area contributed by atoms with Crippen molar-refractivity contribution in [2.45, 2.75) is 6.92 Å². The number of aromatic nitrogens is 2. The predicted octanol–water partition coefficient (Wildman–Crippen LogP) is 1.35. The van der Waals surface area contributed by atoms with E-state index in [1.54, 1.807) is 6.92 Å². The maximum atomic E-state index is 10.7. The maximum Gasteiger partial charge on any atom is 0.272 e. The Bertz CT molecular complexity index is 661. The number of ether oxygens (including phenoxy) is 1. The summed E-state index contributed by atoms with van der Waals surface area (Å²) in [5.41, 5.74) is 8.32. The lowest BCUT2D eigenvalue weighted by Gasteiger charge is -2.07. The van der Waals surface area contributed by atoms with Gasteiger partial charge in [-0.3, -0.25) is 10.1 Å². The van der Waals surface area contributed by atoms with Gasteiger partial charge >= 0.3 is 0 Å². The summed E-state index contributed by atoms with van der Waals surface area (Å²) in [5.74, 6) is 6.10. The SMILES string of the molecule is Cc1cc(Oc2cc(NN)nc(N)n2)ccc1[N+](=O)[O-]. The first-order valence-corrected chi connectivity index (χ1v) is 5.53. The lowest BCUT2D eigenvalue weighted by molar-refractivity contribution is -0.385. The van der Waals surface area contributed by atoms with E-state index in [0.717, 1.165) is 0 Å². The fraction of sp³-hybridized carbons (Fsp3) is 0.0909. The predicted molar refractivity (Wildman–Crippen MR) is 72.2 cm³/mol. The normalized spacial score (nSPS) is 10.1. The van der Waals surface area contributed by atoms with Gasteiger partial charge in [0.25, 0.3) is 5.69 Å². The Morgan fingerprint density at radius 3 is 2.70 bits per heavy atom. The van der Waals surface area contributed by atoms with Crippen molar-refractivity contribution in [1.29, 1.82) is 0 Å². The molecule has 1 heterocycles. The highest BCUT2D eigenvalue weighted by Gasteiger charge is 2.12. The molecule has 0 radical (unpaired) electrons. The van der Waals surface area contributed by atoms with Gasteiger partial charge in [0, 0.05) is 17.7 Å². The summed E-state index contributed by atoms with van der Waals surface area (Å²) in [6.07, 6.45) is 0. The number of anilines is 2. The standard InChI is InChI=1S/C11H12N6O3/c1-6-4-7(2-3-8(6)17(18)19)20-10-5-9(16-13)14-11(12)15-10/h2-5H,13H2,1H3,(H3,12,14,15,16). The number of nitrogens with zero attached hydrogens (tertiary/aromatic N) is 3. The van der Waals surface area contributed by atoms with Crippen molar-refractivity contribution in [2.24, 2.45) is 5.84 Å². The van der Waals surface area contributed by atoms with Gasteiger partial charge in [0.15, 0.2) is 0 Å². The maximum absolute atomic E-state index is 10.7. The molecule has 9 heteroatoms. The zero-order chi connectivity index (χ0) is 14.7. The number of nitro benzene ring substituents is 1. The van der Waals surface area contributed by atoms with Crippen LogP contribution < -0.4 is 21.7 Å². The molecule has 0 saturated heterocycles. The van der Waals surface area contributed by atoms with E-state index in [9.17, 15) is 10.1 Å². The van der Waals surface area contributed by atoms with E-state index in [-0.39, 0.29) is 17.5 Å². The van der Waals surface area contributed by atoms with Gasteiger partial charge in [-0.15, -0.1) is 0 Å². The minimum absolute atomic E-state index is 0.00548. The van der Waals surface area contributed by atoms with Crippen LogP contribution in [0.4, 0.5) is 17.5 Å². The van der Waals surface area contributed by atoms with Gasteiger partial charge in [0.1, 0.15) is 11.6 Å². The van der Waals surface area contributed by atoms with Crippen molar-refractivity contribution in [2.75, 3.05) is 11.2 Å². The highest BCUT2D eigenvalue weighted by atomic mass is 16.6. The summed E-state index contributed by atoms with van der Waals surface area (Å²) < 4.78 is 5.47. The van der Waals surface area contributed by atoms with Crippen LogP contribution in [0.25, 0.3) is 0 Å². The molecule has 0 fully saturated rings. The quantitative estimate of drug-likeness (QED) is 0.431. The number of hydrogen-bond donors (Lipinski definition) is 3. The molecule has 20 heavy (non-hydrogen) atoms. The number of nitrogens with two attached hydrogens (primary N) is 2. The van der Waals surface area contributed by atoms with E-state index in [2.05, 4.69) is 15.4 Å². The Morgan fingerprint density at radius 1 is 1.35 bits per heavy atom. The molecule has 0 aliphatic carbocycles. The third kappa shape index (κ3) is 2.90. The van der Waals surface area contributed by atoms with Gasteiger partial charge in [-0.2, -0.15) is 9.97 Å². The van der Waals surface area contributed by atoms with Crippen LogP contribution in [0.2, 0.25) is 0 Å². The van der Waals surface area contributed by atoms with Crippen LogP contribution in [0.5, 0.6) is 11.6 Å². The molecular formula is C11H12N6O3. The van der Waals surface area contributed by atoms with E-state index < -0.39 is 4.92 Å². The molecule has 5 N–H and O–H groups in total. The largest absolute Gasteiger partial charge is 0.439 e. The summed E-state index contributed by atoms with van der Waals surface area (Å²) in [5, 5.41) is 10.7. The Labute approximate surface area is 113 Å². The molecule has 0 unspecified atom stereocenters. The third-order valence-electron chi connectivity index (χ3n) is 2.46. The number of hydrogen-bond acceptors (Lipinski definition) is 8. The molecule has 104 valence electrons. The monoisotopic (exact) mass is 276 g/mol. The summed E-state index contributed by atoms with van der Waals surface area (Å²) in [6, 6.07) is 5.81. The van der Waals surface area contributed by atoms with Crippen molar-refractivity contribution in [1.82, 2.24) is 9.97 Å². The number of benzene rings is 1. The Hall–Kier alpha value is -2.94. The van der Waals surface area contributed by atoms with Gasteiger partial charge < -0.3 is 15.9 Å². The van der Waals surface area contributed by atoms with Crippen LogP contribution in [0.3, 0.4) is 0 Å². The van der Waals surface area contributed by atoms with Gasteiger partial charge in [-0.1, -0.05) is 0 Å². The molecule has 0 amide bonds. The lowest BCUT2D eigenvalue weighted by atomic mass is 10.2. The number of nitrogens with one attached hydrogen (secondary N) is 1. The van der Waals surface area contributed by atoms with Crippen LogP contribution >= 0.6 is 0 Å². The third-order valence-corrected chi connectivity index (χ3v) is 2.46. The summed E-state index contributed by atoms with van der Waals surface area (Å²) >= 11 is 0. The molecule has 0 aliphatic rings. The minimum atomic E-state index is -0.460. The van der Waals surface area contributed by atoms with Crippen molar-refractivity contribution in [3.63, 3.8) is 0 Å². The van der Waals surface area contributed by atoms with Gasteiger partial charge in [0.05, 0.1) is 4.92 Å². The molecule has 0 bridgehead atoms. The number of rotatable bonds is 4. The number of hydrazine groups is 1. The minimum Gasteiger partial charge on any atom is -0.439 e. The Balaban J connectivity index is 2.28. The van der Waals surface area contributed by atoms with Crippen molar-refractivity contribution in [3.8, 4) is 11.6 Å². The van der Waals surface area contributed by atoms with E-state index in [4.69, 9.17) is 16.3 Å². The zero-order valence-electron chi connectivity index (χ0n) is 10.5. The van der Waals surface area contributed by atoms with E-state index >= 15 is 0 Å². The molecule has 1 aromatic carbocycles. The van der Waals surface area contributed by atoms with Gasteiger partial charge in [-0.05, 0) is 19.1 Å². The summed E-state index contributed by atoms with van der Waals surface area (Å²) in [4.78, 5) is 18.0. The van der Waals surface area contributed by atoms with Crippen LogP contribution in [-0.4, -0.2) is 14.9 Å². The second kappa shape index (κ2) is 5.36. The number of nitro groups is 1. The second-order valence-electron chi connectivity index (χ2n) is 3.90. The lowest BCUT2D eigenvalue weighted by Crippen LogP contribution is -2.10. The highest BCUT2D eigenvalue weighted by Crippen LogP contribution is 2.27. The molecule has 2 rings (SSSR count). The molecule has 2 aromatic rings. The van der Waals surface area contributed by atoms with E-state index in [0.29, 0.717) is 17.1 Å². The van der Waals surface area contributed by atoms with Gasteiger partial charge in [-0.25, -0.2) is 5.84 Å². The van der Waals surface area contributed by atoms with Crippen molar-refractivity contribution in [3.05, 3.63) is 39.9 Å². The first kappa shape index (κ1) is 13.5. The van der Waals surface area contributed by atoms with Crippen LogP contribution in [0.1, 0.15) is 5.56 Å². The molecule has 0 atom stereocenters. The smallest absolute Gasteiger partial charge is 0.272 e. The van der Waals surface area contributed by atoms with E-state index in [1.807, 2.05) is 0 Å². The van der Waals surface area contributed by atoms with Crippen LogP contribution in [0.15, 0.2) is 24.3 Å². The summed E-state index contributed by atoms with van der Waals surface area (Å²) in [6.45, 7) is 1.62. The first-order valence-electron chi connectivity index (χ1n) is 5.53. The van der Waals surface area contributed by atoms with Crippen molar-refractivity contribution < 1.29 is 9.66 Å². The van der Waals surface area contributed by atoms with Gasteiger partial charge in [0.2, 0.25) is 11.8 Å². The van der Waals surface area contributed by atoms with Crippen LogP contribution in [-0.2, 0) is 0 Å². The Morgan fingerprint density at radius 2 is 2.10 bits per heavy atom. The van der Waals surface area contributed by atoms with E-state index in [1.165, 1.54) is 24.3 Å². The Kier molecular flexibility index (Phi) is 3.62. The molecule has 0 aliphatic heterocycles. The first-order chi connectivity index (χ1) is 9.49. The molecule has 0 saturated carbocycles. The fourth-order valence-corrected chi connectivity index (χ4v) is 1.59. The average molecular weight is 276 g/mol. The molecular weight excluding hydrogens is 264 g/mol.